The molecule has 0 aliphatic carbocycles. The minimum absolute atomic E-state index is 0.203. The van der Waals surface area contributed by atoms with Gasteiger partial charge in [-0.3, -0.25) is 14.3 Å². The van der Waals surface area contributed by atoms with Crippen molar-refractivity contribution in [3.63, 3.8) is 0 Å². The maximum Gasteiger partial charge on any atom is 0.307 e. The molecule has 0 bridgehead atoms. The molecule has 2 rings (SSSR count). The topological polar surface area (TPSA) is 89.5 Å². The molecule has 0 aliphatic heterocycles. The number of anilines is 1. The Morgan fingerprint density at radius 2 is 1.70 bits per heavy atom. The first-order valence-electron chi connectivity index (χ1n) is 8.24. The zero-order valence-corrected chi connectivity index (χ0v) is 16.7. The number of ether oxygens (including phenoxy) is 1. The van der Waals surface area contributed by atoms with E-state index < -0.39 is 22.1 Å². The average molecular weight is 408 g/mol. The smallest absolute Gasteiger partial charge is 0.307 e. The summed E-state index contributed by atoms with van der Waals surface area (Å²) in [5.74, 6) is -0.213. The minimum atomic E-state index is -3.38. The van der Waals surface area contributed by atoms with E-state index in [1.807, 2.05) is 30.3 Å². The Morgan fingerprint density at radius 1 is 1.07 bits per heavy atom. The SMILES string of the molecule is CC(OC(=O)CCSc1ccccc1)C(=O)c1ccc(NS(C)(=O)=O)cc1. The third-order valence-electron chi connectivity index (χ3n) is 3.47. The number of esters is 1. The second-order valence-corrected chi connectivity index (χ2v) is 8.78. The highest BCUT2D eigenvalue weighted by atomic mass is 32.2. The van der Waals surface area contributed by atoms with Gasteiger partial charge in [-0.2, -0.15) is 0 Å². The summed E-state index contributed by atoms with van der Waals surface area (Å²) in [5.41, 5.74) is 0.699. The number of hydrogen-bond acceptors (Lipinski definition) is 6. The molecule has 1 atom stereocenters. The summed E-state index contributed by atoms with van der Waals surface area (Å²) < 4.78 is 29.9. The molecular weight excluding hydrogens is 386 g/mol. The van der Waals surface area contributed by atoms with E-state index in [4.69, 9.17) is 4.74 Å². The molecule has 6 nitrogen and oxygen atoms in total. The van der Waals surface area contributed by atoms with E-state index in [2.05, 4.69) is 4.72 Å². The third-order valence-corrected chi connectivity index (χ3v) is 5.09. The van der Waals surface area contributed by atoms with Crippen LogP contribution in [0.1, 0.15) is 23.7 Å². The van der Waals surface area contributed by atoms with Crippen LogP contribution < -0.4 is 4.72 Å². The lowest BCUT2D eigenvalue weighted by Crippen LogP contribution is -2.24. The molecule has 8 heteroatoms. The van der Waals surface area contributed by atoms with Gasteiger partial charge in [0.1, 0.15) is 0 Å². The molecular formula is C19H21NO5S2. The van der Waals surface area contributed by atoms with Crippen molar-refractivity contribution >= 4 is 39.2 Å². The molecule has 1 unspecified atom stereocenters. The van der Waals surface area contributed by atoms with E-state index in [1.165, 1.54) is 31.2 Å². The molecule has 0 aliphatic rings. The molecule has 0 saturated carbocycles. The monoisotopic (exact) mass is 407 g/mol. The van der Waals surface area contributed by atoms with Crippen molar-refractivity contribution in [2.75, 3.05) is 16.7 Å². The summed E-state index contributed by atoms with van der Waals surface area (Å²) in [6, 6.07) is 15.7. The van der Waals surface area contributed by atoms with Gasteiger partial charge < -0.3 is 4.74 Å². The molecule has 0 heterocycles. The van der Waals surface area contributed by atoms with E-state index >= 15 is 0 Å². The molecule has 0 amide bonds. The fraction of sp³-hybridized carbons (Fsp3) is 0.263. The first kappa shape index (κ1) is 21.0. The van der Waals surface area contributed by atoms with E-state index in [1.54, 1.807) is 11.8 Å². The lowest BCUT2D eigenvalue weighted by atomic mass is 10.1. The van der Waals surface area contributed by atoms with Gasteiger partial charge in [-0.1, -0.05) is 18.2 Å². The fourth-order valence-electron chi connectivity index (χ4n) is 2.23. The molecule has 27 heavy (non-hydrogen) atoms. The summed E-state index contributed by atoms with van der Waals surface area (Å²) in [5, 5.41) is 0. The summed E-state index contributed by atoms with van der Waals surface area (Å²) >= 11 is 1.54. The standard InChI is InChI=1S/C19H21NO5S2/c1-14(25-18(21)12-13-26-17-6-4-3-5-7-17)19(22)15-8-10-16(11-9-15)20-27(2,23)24/h3-11,14,20H,12-13H2,1-2H3. The van der Waals surface area contributed by atoms with Crippen molar-refractivity contribution < 1.29 is 22.7 Å². The van der Waals surface area contributed by atoms with Crippen molar-refractivity contribution in [1.29, 1.82) is 0 Å². The van der Waals surface area contributed by atoms with E-state index in [0.29, 0.717) is 17.0 Å². The fourth-order valence-corrected chi connectivity index (χ4v) is 3.65. The average Bonchev–Trinajstić information content (AvgIpc) is 2.61. The Balaban J connectivity index is 1.82. The van der Waals surface area contributed by atoms with Crippen LogP contribution in [0.3, 0.4) is 0 Å². The molecule has 0 saturated heterocycles. The molecule has 1 N–H and O–H groups in total. The van der Waals surface area contributed by atoms with Crippen LogP contribution in [-0.2, 0) is 19.6 Å². The Bertz CT molecular complexity index is 880. The van der Waals surface area contributed by atoms with Crippen LogP contribution >= 0.6 is 11.8 Å². The number of sulfonamides is 1. The van der Waals surface area contributed by atoms with Gasteiger partial charge in [-0.05, 0) is 43.3 Å². The van der Waals surface area contributed by atoms with Gasteiger partial charge in [0.15, 0.2) is 6.10 Å². The number of rotatable bonds is 9. The van der Waals surface area contributed by atoms with Crippen molar-refractivity contribution in [2.24, 2.45) is 0 Å². The largest absolute Gasteiger partial charge is 0.454 e. The summed E-state index contributed by atoms with van der Waals surface area (Å²) in [6.45, 7) is 1.52. The lowest BCUT2D eigenvalue weighted by molar-refractivity contribution is -0.145. The van der Waals surface area contributed by atoms with Crippen LogP contribution in [0.4, 0.5) is 5.69 Å². The van der Waals surface area contributed by atoms with E-state index in [9.17, 15) is 18.0 Å². The van der Waals surface area contributed by atoms with Crippen LogP contribution in [0.15, 0.2) is 59.5 Å². The van der Waals surface area contributed by atoms with Gasteiger partial charge in [-0.25, -0.2) is 8.42 Å². The maximum atomic E-state index is 12.4. The molecule has 0 fully saturated rings. The van der Waals surface area contributed by atoms with Crippen molar-refractivity contribution in [3.8, 4) is 0 Å². The van der Waals surface area contributed by atoms with E-state index in [0.717, 1.165) is 11.2 Å². The van der Waals surface area contributed by atoms with Crippen molar-refractivity contribution in [3.05, 3.63) is 60.2 Å². The van der Waals surface area contributed by atoms with Gasteiger partial charge >= 0.3 is 5.97 Å². The number of benzene rings is 2. The number of Topliss-reactive ketones (excluding diaryl/α,β-unsaturated/α-hetero) is 1. The lowest BCUT2D eigenvalue weighted by Gasteiger charge is -2.13. The zero-order valence-electron chi connectivity index (χ0n) is 15.0. The Morgan fingerprint density at radius 3 is 2.30 bits per heavy atom. The molecule has 0 aromatic heterocycles. The molecule has 0 spiro atoms. The normalized spacial score (nSPS) is 12.2. The van der Waals surface area contributed by atoms with Crippen LogP contribution in [0.2, 0.25) is 0 Å². The molecule has 0 radical (unpaired) electrons. The van der Waals surface area contributed by atoms with Crippen LogP contribution in [0, 0.1) is 0 Å². The number of hydrogen-bond donors (Lipinski definition) is 1. The van der Waals surface area contributed by atoms with Crippen molar-refractivity contribution in [1.82, 2.24) is 0 Å². The molecule has 2 aromatic carbocycles. The summed E-state index contributed by atoms with van der Waals surface area (Å²) in [6.07, 6.45) is 0.339. The van der Waals surface area contributed by atoms with Crippen LogP contribution in [-0.4, -0.2) is 38.3 Å². The Hall–Kier alpha value is -2.32. The molecule has 144 valence electrons. The van der Waals surface area contributed by atoms with Crippen molar-refractivity contribution in [2.45, 2.75) is 24.3 Å². The highest BCUT2D eigenvalue weighted by Gasteiger charge is 2.19. The first-order valence-corrected chi connectivity index (χ1v) is 11.1. The number of ketones is 1. The summed E-state index contributed by atoms with van der Waals surface area (Å²) in [4.78, 5) is 25.3. The second kappa shape index (κ2) is 9.57. The number of carbonyl (C=O) groups is 2. The third kappa shape index (κ3) is 7.44. The predicted octanol–water partition coefficient (Wildman–Crippen LogP) is 3.35. The van der Waals surface area contributed by atoms with Crippen LogP contribution in [0.25, 0.3) is 0 Å². The number of nitrogens with one attached hydrogen (secondary N) is 1. The minimum Gasteiger partial charge on any atom is -0.454 e. The van der Waals surface area contributed by atoms with Gasteiger partial charge in [0, 0.05) is 21.9 Å². The van der Waals surface area contributed by atoms with E-state index in [-0.39, 0.29) is 12.2 Å². The highest BCUT2D eigenvalue weighted by molar-refractivity contribution is 7.99. The highest BCUT2D eigenvalue weighted by Crippen LogP contribution is 2.18. The second-order valence-electron chi connectivity index (χ2n) is 5.86. The quantitative estimate of drug-likeness (QED) is 0.389. The number of thioether (sulfide) groups is 1. The van der Waals surface area contributed by atoms with Gasteiger partial charge in [0.2, 0.25) is 15.8 Å². The maximum absolute atomic E-state index is 12.4. The zero-order chi connectivity index (χ0) is 19.9. The predicted molar refractivity (Wildman–Crippen MR) is 107 cm³/mol. The van der Waals surface area contributed by atoms with Gasteiger partial charge in [0.25, 0.3) is 0 Å². The Labute approximate surface area is 163 Å². The van der Waals surface area contributed by atoms with Gasteiger partial charge in [0.05, 0.1) is 12.7 Å². The number of carbonyl (C=O) groups excluding carboxylic acids is 2. The first-order chi connectivity index (χ1) is 12.7. The Kier molecular flexibility index (Phi) is 7.44. The van der Waals surface area contributed by atoms with Crippen LogP contribution in [0.5, 0.6) is 0 Å². The molecule has 2 aromatic rings. The van der Waals surface area contributed by atoms with Gasteiger partial charge in [-0.15, -0.1) is 11.8 Å². The summed E-state index contributed by atoms with van der Waals surface area (Å²) in [7, 11) is -3.38.